The van der Waals surface area contributed by atoms with Crippen molar-refractivity contribution in [1.82, 2.24) is 19.0 Å². The zero-order valence-electron chi connectivity index (χ0n) is 22.9. The predicted molar refractivity (Wildman–Crippen MR) is 157 cm³/mol. The minimum absolute atomic E-state index is 0.110. The lowest BCUT2D eigenvalue weighted by Crippen LogP contribution is -2.32. The molecule has 1 aromatic heterocycles. The summed E-state index contributed by atoms with van der Waals surface area (Å²) in [5, 5.41) is 0.254. The average molecular weight is 611 g/mol. The molecule has 0 aliphatic rings. The number of carbonyl (C=O) groups is 2. The minimum atomic E-state index is -3.75. The third-order valence-electron chi connectivity index (χ3n) is 6.37. The molecule has 218 valence electrons. The van der Waals surface area contributed by atoms with Crippen LogP contribution >= 0.6 is 11.6 Å². The number of nitrogens with one attached hydrogen (secondary N) is 2. The maximum atomic E-state index is 12.7. The van der Waals surface area contributed by atoms with Crippen molar-refractivity contribution in [2.24, 2.45) is 0 Å². The Balaban J connectivity index is 1.79. The highest BCUT2D eigenvalue weighted by Gasteiger charge is 2.19. The number of hydrogen-bond donors (Lipinski definition) is 2. The smallest absolute Gasteiger partial charge is 0.264 e. The van der Waals surface area contributed by atoms with Crippen molar-refractivity contribution >= 4 is 54.5 Å². The lowest BCUT2D eigenvalue weighted by atomic mass is 10.1. The van der Waals surface area contributed by atoms with Gasteiger partial charge in [0.15, 0.2) is 0 Å². The first-order chi connectivity index (χ1) is 18.9. The molecule has 0 aliphatic heterocycles. The van der Waals surface area contributed by atoms with Gasteiger partial charge >= 0.3 is 0 Å². The van der Waals surface area contributed by atoms with Crippen LogP contribution in [0.1, 0.15) is 84.5 Å². The van der Waals surface area contributed by atoms with E-state index in [2.05, 4.69) is 14.4 Å². The van der Waals surface area contributed by atoms with E-state index in [0.717, 1.165) is 25.7 Å². The molecule has 10 nitrogen and oxygen atoms in total. The topological polar surface area (TPSA) is 144 Å². The monoisotopic (exact) mass is 610 g/mol. The van der Waals surface area contributed by atoms with Gasteiger partial charge in [0, 0.05) is 16.1 Å². The number of carbonyl (C=O) groups excluding carboxylic acids is 2. The van der Waals surface area contributed by atoms with Crippen LogP contribution < -0.4 is 9.44 Å². The molecule has 0 saturated carbocycles. The molecule has 0 radical (unpaired) electrons. The van der Waals surface area contributed by atoms with Crippen molar-refractivity contribution in [3.05, 3.63) is 63.9 Å². The second kappa shape index (κ2) is 13.6. The van der Waals surface area contributed by atoms with E-state index >= 15 is 0 Å². The summed E-state index contributed by atoms with van der Waals surface area (Å²) in [6, 6.07) is 9.27. The van der Waals surface area contributed by atoms with Gasteiger partial charge in [0.05, 0.1) is 29.1 Å². The second-order valence-electron chi connectivity index (χ2n) is 9.67. The summed E-state index contributed by atoms with van der Waals surface area (Å²) in [5.41, 5.74) is 2.13. The molecule has 0 fully saturated rings. The predicted octanol–water partition coefficient (Wildman–Crippen LogP) is 4.55. The quantitative estimate of drug-likeness (QED) is 0.255. The number of benzene rings is 2. The van der Waals surface area contributed by atoms with Gasteiger partial charge in [-0.1, -0.05) is 57.2 Å². The fourth-order valence-corrected chi connectivity index (χ4v) is 6.57. The Morgan fingerprint density at radius 1 is 0.825 bits per heavy atom. The van der Waals surface area contributed by atoms with E-state index in [-0.39, 0.29) is 34.2 Å². The van der Waals surface area contributed by atoms with Crippen molar-refractivity contribution < 1.29 is 26.4 Å². The molecule has 0 bridgehead atoms. The number of nitrogens with zero attached hydrogens (tertiary/aromatic N) is 2. The van der Waals surface area contributed by atoms with E-state index in [1.807, 2.05) is 18.4 Å². The lowest BCUT2D eigenvalue weighted by Gasteiger charge is -2.12. The summed E-state index contributed by atoms with van der Waals surface area (Å²) >= 11 is 6.48. The van der Waals surface area contributed by atoms with Crippen LogP contribution in [0.5, 0.6) is 0 Å². The molecule has 2 amide bonds. The molecule has 0 spiro atoms. The van der Waals surface area contributed by atoms with Crippen molar-refractivity contribution in [2.75, 3.05) is 11.5 Å². The molecule has 1 heterocycles. The first-order valence-corrected chi connectivity index (χ1v) is 16.9. The zero-order valence-corrected chi connectivity index (χ0v) is 25.3. The third kappa shape index (κ3) is 8.52. The summed E-state index contributed by atoms with van der Waals surface area (Å²) < 4.78 is 55.0. The van der Waals surface area contributed by atoms with Crippen LogP contribution in [-0.2, 0) is 26.6 Å². The van der Waals surface area contributed by atoms with Gasteiger partial charge in [-0.3, -0.25) is 9.59 Å². The number of hydrogen-bond acceptors (Lipinski definition) is 7. The molecule has 13 heteroatoms. The van der Waals surface area contributed by atoms with E-state index in [1.165, 1.54) is 18.2 Å². The van der Waals surface area contributed by atoms with Gasteiger partial charge in [-0.15, -0.1) is 0 Å². The number of amides is 2. The van der Waals surface area contributed by atoms with E-state index in [0.29, 0.717) is 35.3 Å². The van der Waals surface area contributed by atoms with Gasteiger partial charge in [0.2, 0.25) is 20.0 Å². The first kappa shape index (κ1) is 31.6. The Morgan fingerprint density at radius 3 is 1.88 bits per heavy atom. The lowest BCUT2D eigenvalue weighted by molar-refractivity contribution is 0.0972. The highest BCUT2D eigenvalue weighted by atomic mass is 35.5. The maximum absolute atomic E-state index is 12.7. The molecule has 2 N–H and O–H groups in total. The van der Waals surface area contributed by atoms with Crippen molar-refractivity contribution in [2.45, 2.75) is 65.8 Å². The average Bonchev–Trinajstić information content (AvgIpc) is 3.18. The first-order valence-electron chi connectivity index (χ1n) is 13.2. The SMILES string of the molecule is CCCCCS(=O)(=O)NC(=O)c1ccc(Cn2c(C)nc3ccc(C(=O)NS(=O)(=O)CCCCC)cc32)c(Cl)c1. The summed E-state index contributed by atoms with van der Waals surface area (Å²) in [6.07, 6.45) is 4.18. The second-order valence-corrected chi connectivity index (χ2v) is 13.8. The van der Waals surface area contributed by atoms with Gasteiger partial charge in [0.25, 0.3) is 11.8 Å². The largest absolute Gasteiger partial charge is 0.324 e. The molecule has 3 rings (SSSR count). The molecule has 40 heavy (non-hydrogen) atoms. The van der Waals surface area contributed by atoms with Crippen LogP contribution in [0.3, 0.4) is 0 Å². The molecule has 3 aromatic rings. The van der Waals surface area contributed by atoms with Gasteiger partial charge in [-0.25, -0.2) is 31.3 Å². The molecule has 2 aromatic carbocycles. The summed E-state index contributed by atoms with van der Waals surface area (Å²) in [7, 11) is -7.50. The van der Waals surface area contributed by atoms with Crippen LogP contribution in [0, 0.1) is 6.92 Å². The van der Waals surface area contributed by atoms with Crippen molar-refractivity contribution in [3.63, 3.8) is 0 Å². The number of unbranched alkanes of at least 4 members (excludes halogenated alkanes) is 4. The standard InChI is InChI=1S/C27H35ClN4O6S2/c1-4-6-8-14-39(35,36)30-26(33)20-10-11-22(23(28)16-20)18-32-19(3)29-24-13-12-21(17-25(24)32)27(34)31-40(37,38)15-9-7-5-2/h10-13,16-17H,4-9,14-15,18H2,1-3H3,(H,30,33)(H,31,34). The van der Waals surface area contributed by atoms with E-state index in [1.54, 1.807) is 25.1 Å². The van der Waals surface area contributed by atoms with Gasteiger partial charge in [-0.2, -0.15) is 0 Å². The number of fused-ring (bicyclic) bond motifs is 1. The normalized spacial score (nSPS) is 12.0. The molecule has 0 unspecified atom stereocenters. The number of halogens is 1. The highest BCUT2D eigenvalue weighted by Crippen LogP contribution is 2.24. The Labute approximate surface area is 240 Å². The van der Waals surface area contributed by atoms with Gasteiger partial charge in [0.1, 0.15) is 5.82 Å². The Kier molecular flexibility index (Phi) is 10.7. The molecular weight excluding hydrogens is 576 g/mol. The molecular formula is C27H35ClN4O6S2. The van der Waals surface area contributed by atoms with Crippen LogP contribution in [0.2, 0.25) is 5.02 Å². The maximum Gasteiger partial charge on any atom is 0.264 e. The molecule has 0 atom stereocenters. The third-order valence-corrected chi connectivity index (χ3v) is 9.37. The summed E-state index contributed by atoms with van der Waals surface area (Å²) in [4.78, 5) is 29.8. The Hall–Kier alpha value is -2.96. The minimum Gasteiger partial charge on any atom is -0.324 e. The summed E-state index contributed by atoms with van der Waals surface area (Å²) in [6.45, 7) is 5.96. The number of sulfonamides is 2. The van der Waals surface area contributed by atoms with E-state index in [9.17, 15) is 26.4 Å². The molecule has 0 saturated heterocycles. The van der Waals surface area contributed by atoms with Crippen LogP contribution in [0.15, 0.2) is 36.4 Å². The van der Waals surface area contributed by atoms with Crippen LogP contribution in [0.4, 0.5) is 0 Å². The highest BCUT2D eigenvalue weighted by molar-refractivity contribution is 7.90. The fraction of sp³-hybridized carbons (Fsp3) is 0.444. The fourth-order valence-electron chi connectivity index (χ4n) is 4.16. The zero-order chi connectivity index (χ0) is 29.5. The Morgan fingerprint density at radius 2 is 1.35 bits per heavy atom. The summed E-state index contributed by atoms with van der Waals surface area (Å²) in [5.74, 6) is -1.09. The van der Waals surface area contributed by atoms with Gasteiger partial charge < -0.3 is 4.57 Å². The van der Waals surface area contributed by atoms with Crippen molar-refractivity contribution in [3.8, 4) is 0 Å². The number of aromatic nitrogens is 2. The number of rotatable bonds is 14. The molecule has 0 aliphatic carbocycles. The van der Waals surface area contributed by atoms with E-state index < -0.39 is 31.9 Å². The van der Waals surface area contributed by atoms with E-state index in [4.69, 9.17) is 11.6 Å². The van der Waals surface area contributed by atoms with Crippen molar-refractivity contribution in [1.29, 1.82) is 0 Å². The van der Waals surface area contributed by atoms with Crippen LogP contribution in [0.25, 0.3) is 11.0 Å². The number of imidazole rings is 1. The van der Waals surface area contributed by atoms with Crippen LogP contribution in [-0.4, -0.2) is 49.7 Å². The van der Waals surface area contributed by atoms with Gasteiger partial charge in [-0.05, 0) is 55.7 Å². The number of aryl methyl sites for hydroxylation is 1. The Bertz CT molecular complexity index is 1600.